The highest BCUT2D eigenvalue weighted by Gasteiger charge is 2.25. The van der Waals surface area contributed by atoms with Gasteiger partial charge in [0, 0.05) is 5.70 Å². The molecule has 2 aromatic carbocycles. The van der Waals surface area contributed by atoms with E-state index in [0.29, 0.717) is 5.95 Å². The minimum Gasteiger partial charge on any atom is -0.467 e. The molecule has 0 saturated carbocycles. The van der Waals surface area contributed by atoms with Crippen LogP contribution in [0, 0.1) is 0 Å². The average molecular weight is 340 g/mol. The van der Waals surface area contributed by atoms with Crippen molar-refractivity contribution in [3.63, 3.8) is 0 Å². The molecule has 0 amide bonds. The lowest BCUT2D eigenvalue weighted by atomic mass is 10.0. The fraction of sp³-hybridized carbons (Fsp3) is 0.0476. The van der Waals surface area contributed by atoms with Crippen molar-refractivity contribution in [2.75, 3.05) is 5.32 Å². The number of hydrogen-bond donors (Lipinski definition) is 1. The number of aromatic nitrogens is 3. The van der Waals surface area contributed by atoms with Gasteiger partial charge in [0.2, 0.25) is 5.95 Å². The Bertz CT molecular complexity index is 1050. The Labute approximate surface area is 150 Å². The van der Waals surface area contributed by atoms with Crippen molar-refractivity contribution in [2.24, 2.45) is 0 Å². The maximum absolute atomic E-state index is 5.60. The van der Waals surface area contributed by atoms with Crippen molar-refractivity contribution in [3.8, 4) is 11.1 Å². The Kier molecular flexibility index (Phi) is 3.42. The third-order valence-corrected chi connectivity index (χ3v) is 4.55. The summed E-state index contributed by atoms with van der Waals surface area (Å²) >= 11 is 0. The molecular formula is C21H16N4O. The molecule has 1 N–H and O–H groups in total. The van der Waals surface area contributed by atoms with Crippen LogP contribution < -0.4 is 5.32 Å². The van der Waals surface area contributed by atoms with Crippen molar-refractivity contribution in [1.29, 1.82) is 0 Å². The van der Waals surface area contributed by atoms with Gasteiger partial charge in [-0.15, -0.1) is 0 Å². The molecule has 4 aromatic rings. The number of hydrogen-bond acceptors (Lipinski definition) is 4. The number of benzene rings is 2. The number of rotatable bonds is 3. The summed E-state index contributed by atoms with van der Waals surface area (Å²) in [6, 6.07) is 22.6. The van der Waals surface area contributed by atoms with Gasteiger partial charge in [-0.05, 0) is 34.9 Å². The quantitative estimate of drug-likeness (QED) is 0.592. The molecule has 26 heavy (non-hydrogen) atoms. The molecule has 0 spiro atoms. The number of fused-ring (bicyclic) bond motifs is 1. The van der Waals surface area contributed by atoms with Gasteiger partial charge in [0.25, 0.3) is 0 Å². The summed E-state index contributed by atoms with van der Waals surface area (Å²) in [6.07, 6.45) is 5.34. The summed E-state index contributed by atoms with van der Waals surface area (Å²) in [5.41, 5.74) is 4.48. The van der Waals surface area contributed by atoms with Crippen LogP contribution in [-0.2, 0) is 0 Å². The van der Waals surface area contributed by atoms with Gasteiger partial charge in [0.15, 0.2) is 0 Å². The molecule has 2 aromatic heterocycles. The fourth-order valence-electron chi connectivity index (χ4n) is 3.24. The van der Waals surface area contributed by atoms with Crippen molar-refractivity contribution < 1.29 is 4.42 Å². The number of furan rings is 1. The number of allylic oxidation sites excluding steroid dienone is 1. The first-order valence-corrected chi connectivity index (χ1v) is 8.46. The van der Waals surface area contributed by atoms with E-state index in [2.05, 4.69) is 70.0 Å². The zero-order chi connectivity index (χ0) is 17.3. The Hall–Kier alpha value is -3.60. The lowest BCUT2D eigenvalue weighted by Crippen LogP contribution is -2.19. The number of nitrogens with one attached hydrogen (secondary N) is 1. The molecule has 1 aliphatic heterocycles. The third kappa shape index (κ3) is 2.50. The predicted molar refractivity (Wildman–Crippen MR) is 100 cm³/mol. The van der Waals surface area contributed by atoms with E-state index in [9.17, 15) is 0 Å². The van der Waals surface area contributed by atoms with Gasteiger partial charge < -0.3 is 9.73 Å². The van der Waals surface area contributed by atoms with E-state index in [1.54, 1.807) is 12.6 Å². The summed E-state index contributed by atoms with van der Waals surface area (Å²) in [5, 5.41) is 7.67. The molecule has 0 bridgehead atoms. The van der Waals surface area contributed by atoms with Crippen LogP contribution in [0.1, 0.15) is 17.4 Å². The molecule has 3 heterocycles. The van der Waals surface area contributed by atoms with Gasteiger partial charge in [0.05, 0.1) is 6.26 Å². The predicted octanol–water partition coefficient (Wildman–Crippen LogP) is 4.59. The molecule has 0 saturated heterocycles. The largest absolute Gasteiger partial charge is 0.467 e. The minimum absolute atomic E-state index is 0.118. The van der Waals surface area contributed by atoms with E-state index in [-0.39, 0.29) is 6.04 Å². The van der Waals surface area contributed by atoms with E-state index < -0.39 is 0 Å². The highest BCUT2D eigenvalue weighted by molar-refractivity contribution is 5.78. The van der Waals surface area contributed by atoms with Crippen molar-refractivity contribution >= 4 is 11.6 Å². The van der Waals surface area contributed by atoms with E-state index >= 15 is 0 Å². The van der Waals surface area contributed by atoms with Crippen LogP contribution in [-0.4, -0.2) is 14.8 Å². The molecule has 5 rings (SSSR count). The van der Waals surface area contributed by atoms with Gasteiger partial charge in [-0.2, -0.15) is 10.1 Å². The van der Waals surface area contributed by atoms with E-state index in [4.69, 9.17) is 4.42 Å². The zero-order valence-electron chi connectivity index (χ0n) is 13.9. The number of nitrogens with zero attached hydrogens (tertiary/aromatic N) is 3. The maximum atomic E-state index is 5.60. The van der Waals surface area contributed by atoms with E-state index in [1.807, 2.05) is 22.9 Å². The summed E-state index contributed by atoms with van der Waals surface area (Å²) in [7, 11) is 0. The van der Waals surface area contributed by atoms with Crippen molar-refractivity contribution in [3.05, 3.63) is 96.7 Å². The molecule has 5 nitrogen and oxygen atoms in total. The van der Waals surface area contributed by atoms with Gasteiger partial charge >= 0.3 is 0 Å². The Morgan fingerprint density at radius 2 is 1.62 bits per heavy atom. The zero-order valence-corrected chi connectivity index (χ0v) is 13.9. The van der Waals surface area contributed by atoms with Crippen LogP contribution >= 0.6 is 0 Å². The van der Waals surface area contributed by atoms with Crippen LogP contribution in [0.2, 0.25) is 0 Å². The molecule has 0 radical (unpaired) electrons. The van der Waals surface area contributed by atoms with Gasteiger partial charge in [0.1, 0.15) is 18.1 Å². The van der Waals surface area contributed by atoms with Crippen LogP contribution in [0.15, 0.2) is 89.8 Å². The van der Waals surface area contributed by atoms with Crippen molar-refractivity contribution in [1.82, 2.24) is 14.8 Å². The molecule has 0 fully saturated rings. The first-order valence-electron chi connectivity index (χ1n) is 8.46. The summed E-state index contributed by atoms with van der Waals surface area (Å²) in [4.78, 5) is 4.32. The van der Waals surface area contributed by atoms with Crippen LogP contribution in [0.25, 0.3) is 16.8 Å². The molecule has 126 valence electrons. The van der Waals surface area contributed by atoms with Gasteiger partial charge in [-0.1, -0.05) is 54.6 Å². The molecule has 0 aliphatic carbocycles. The third-order valence-electron chi connectivity index (χ3n) is 4.55. The van der Waals surface area contributed by atoms with Gasteiger partial charge in [-0.25, -0.2) is 4.68 Å². The minimum atomic E-state index is -0.118. The summed E-state index contributed by atoms with van der Waals surface area (Å²) in [6.45, 7) is 0. The first kappa shape index (κ1) is 14.7. The maximum Gasteiger partial charge on any atom is 0.226 e. The lowest BCUT2D eigenvalue weighted by Gasteiger charge is -2.22. The Balaban J connectivity index is 1.52. The molecule has 5 heteroatoms. The first-order chi connectivity index (χ1) is 12.9. The highest BCUT2D eigenvalue weighted by atomic mass is 16.3. The summed E-state index contributed by atoms with van der Waals surface area (Å²) < 4.78 is 7.42. The second-order valence-electron chi connectivity index (χ2n) is 6.14. The molecule has 0 unspecified atom stereocenters. The van der Waals surface area contributed by atoms with Crippen molar-refractivity contribution in [2.45, 2.75) is 6.04 Å². The fourth-order valence-corrected chi connectivity index (χ4v) is 3.24. The molecule has 1 atom stereocenters. The Morgan fingerprint density at radius 1 is 0.846 bits per heavy atom. The van der Waals surface area contributed by atoms with E-state index in [0.717, 1.165) is 17.0 Å². The topological polar surface area (TPSA) is 55.9 Å². The smallest absolute Gasteiger partial charge is 0.226 e. The standard InChI is InChI=1S/C21H16N4O/c1-2-5-15(6-3-1)16-8-10-17(11-9-16)18-13-19(20-7-4-12-26-20)25-21(24-18)22-14-23-25/h1-14,19H,(H,22,23,24)/t19-/m1/s1. The normalized spacial score (nSPS) is 15.8. The second-order valence-corrected chi connectivity index (χ2v) is 6.14. The van der Waals surface area contributed by atoms with Crippen LogP contribution in [0.3, 0.4) is 0 Å². The lowest BCUT2D eigenvalue weighted by molar-refractivity contribution is 0.448. The molecular weight excluding hydrogens is 324 g/mol. The number of anilines is 1. The van der Waals surface area contributed by atoms with Crippen LogP contribution in [0.4, 0.5) is 5.95 Å². The van der Waals surface area contributed by atoms with Crippen LogP contribution in [0.5, 0.6) is 0 Å². The van der Waals surface area contributed by atoms with Gasteiger partial charge in [-0.3, -0.25) is 0 Å². The van der Waals surface area contributed by atoms with E-state index in [1.165, 1.54) is 11.1 Å². The average Bonchev–Trinajstić information content (AvgIpc) is 3.40. The second kappa shape index (κ2) is 6.04. The SMILES string of the molecule is C1=C(c2ccc(-c3ccccc3)cc2)Nc2ncnn2[C@H]1c1ccco1. The monoisotopic (exact) mass is 340 g/mol. The highest BCUT2D eigenvalue weighted by Crippen LogP contribution is 2.32. The Morgan fingerprint density at radius 3 is 2.38 bits per heavy atom. The summed E-state index contributed by atoms with van der Waals surface area (Å²) in [5.74, 6) is 1.53. The molecule has 1 aliphatic rings.